The van der Waals surface area contributed by atoms with Crippen LogP contribution in [0.25, 0.3) is 16.7 Å². The Hall–Kier alpha value is -3.40. The Bertz CT molecular complexity index is 1430. The van der Waals surface area contributed by atoms with Crippen LogP contribution in [0.3, 0.4) is 0 Å². The lowest BCUT2D eigenvalue weighted by molar-refractivity contribution is -0.148. The first-order chi connectivity index (χ1) is 18.0. The molecule has 0 aliphatic heterocycles. The molecule has 2 aliphatic rings. The SMILES string of the molecule is Cc1ccc(F)c(-c2ccc(COc3ccc4c(c3)[C@H](C(C)(C)C(=O)O)CC4)cc2C2=CCCC2(C)C)c1. The van der Waals surface area contributed by atoms with Crippen LogP contribution in [-0.4, -0.2) is 11.1 Å². The number of ether oxygens (including phenoxy) is 1. The second-order valence-electron chi connectivity index (χ2n) is 12.2. The van der Waals surface area contributed by atoms with Gasteiger partial charge in [0.15, 0.2) is 0 Å². The van der Waals surface area contributed by atoms with Gasteiger partial charge in [-0.3, -0.25) is 4.79 Å². The molecule has 0 bridgehead atoms. The van der Waals surface area contributed by atoms with Crippen LogP contribution in [0, 0.1) is 23.6 Å². The summed E-state index contributed by atoms with van der Waals surface area (Å²) >= 11 is 0. The van der Waals surface area contributed by atoms with Gasteiger partial charge in [0.25, 0.3) is 0 Å². The summed E-state index contributed by atoms with van der Waals surface area (Å²) in [6.45, 7) is 10.5. The molecule has 0 saturated carbocycles. The lowest BCUT2D eigenvalue weighted by Gasteiger charge is -2.28. The van der Waals surface area contributed by atoms with E-state index in [1.807, 2.05) is 51.1 Å². The van der Waals surface area contributed by atoms with Crippen LogP contribution in [0.15, 0.2) is 60.7 Å². The predicted octanol–water partition coefficient (Wildman–Crippen LogP) is 8.72. The van der Waals surface area contributed by atoms with Crippen molar-refractivity contribution in [2.45, 2.75) is 72.8 Å². The number of benzene rings is 3. The van der Waals surface area contributed by atoms with Crippen molar-refractivity contribution in [3.8, 4) is 16.9 Å². The molecule has 38 heavy (non-hydrogen) atoms. The van der Waals surface area contributed by atoms with Crippen LogP contribution in [0.1, 0.15) is 80.7 Å². The van der Waals surface area contributed by atoms with Gasteiger partial charge in [-0.1, -0.05) is 49.8 Å². The van der Waals surface area contributed by atoms with Crippen LogP contribution < -0.4 is 4.74 Å². The number of fused-ring (bicyclic) bond motifs is 1. The molecule has 0 amide bonds. The maximum atomic E-state index is 15.0. The lowest BCUT2D eigenvalue weighted by atomic mass is 9.75. The number of allylic oxidation sites excluding steroid dienone is 2. The Balaban J connectivity index is 1.46. The minimum atomic E-state index is -0.832. The fourth-order valence-corrected chi connectivity index (χ4v) is 6.18. The summed E-state index contributed by atoms with van der Waals surface area (Å²) in [5, 5.41) is 9.78. The summed E-state index contributed by atoms with van der Waals surface area (Å²) < 4.78 is 21.2. The van der Waals surface area contributed by atoms with E-state index in [1.54, 1.807) is 12.1 Å². The minimum absolute atomic E-state index is 0.0144. The van der Waals surface area contributed by atoms with Crippen molar-refractivity contribution in [1.29, 1.82) is 0 Å². The lowest BCUT2D eigenvalue weighted by Crippen LogP contribution is -2.30. The number of carboxylic acid groups (broad SMARTS) is 1. The molecular formula is C34H37FO3. The molecule has 0 radical (unpaired) electrons. The average molecular weight is 513 g/mol. The summed E-state index contributed by atoms with van der Waals surface area (Å²) in [6.07, 6.45) is 6.11. The van der Waals surface area contributed by atoms with E-state index in [0.29, 0.717) is 12.2 Å². The number of aliphatic carboxylic acids is 1. The highest BCUT2D eigenvalue weighted by Gasteiger charge is 2.41. The zero-order chi connectivity index (χ0) is 27.2. The van der Waals surface area contributed by atoms with Gasteiger partial charge in [0.2, 0.25) is 0 Å². The topological polar surface area (TPSA) is 46.5 Å². The molecule has 0 unspecified atom stereocenters. The number of halogens is 1. The minimum Gasteiger partial charge on any atom is -0.489 e. The number of aryl methyl sites for hydroxylation is 2. The number of hydrogen-bond donors (Lipinski definition) is 1. The third kappa shape index (κ3) is 4.77. The molecule has 1 N–H and O–H groups in total. The van der Waals surface area contributed by atoms with Crippen LogP contribution >= 0.6 is 0 Å². The van der Waals surface area contributed by atoms with Crippen LogP contribution in [0.4, 0.5) is 4.39 Å². The summed E-state index contributed by atoms with van der Waals surface area (Å²) in [4.78, 5) is 11.9. The molecular weight excluding hydrogens is 475 g/mol. The zero-order valence-corrected chi connectivity index (χ0v) is 23.0. The quantitative estimate of drug-likeness (QED) is 0.344. The van der Waals surface area contributed by atoms with E-state index in [4.69, 9.17) is 4.74 Å². The second-order valence-corrected chi connectivity index (χ2v) is 12.2. The highest BCUT2D eigenvalue weighted by Crippen LogP contribution is 2.48. The van der Waals surface area contributed by atoms with E-state index in [-0.39, 0.29) is 17.2 Å². The maximum Gasteiger partial charge on any atom is 0.309 e. The molecule has 198 valence electrons. The molecule has 5 rings (SSSR count). The first kappa shape index (κ1) is 26.2. The molecule has 0 heterocycles. The highest BCUT2D eigenvalue weighted by atomic mass is 19.1. The molecule has 0 spiro atoms. The van der Waals surface area contributed by atoms with E-state index >= 15 is 0 Å². The predicted molar refractivity (Wildman–Crippen MR) is 151 cm³/mol. The normalized spacial score (nSPS) is 18.3. The number of rotatable bonds is 7. The molecule has 0 fully saturated rings. The molecule has 4 heteroatoms. The van der Waals surface area contributed by atoms with Crippen molar-refractivity contribution in [1.82, 2.24) is 0 Å². The van der Waals surface area contributed by atoms with Crippen molar-refractivity contribution >= 4 is 11.5 Å². The Morgan fingerprint density at radius 2 is 1.84 bits per heavy atom. The van der Waals surface area contributed by atoms with E-state index in [1.165, 1.54) is 11.1 Å². The van der Waals surface area contributed by atoms with Crippen molar-refractivity contribution < 1.29 is 19.0 Å². The Morgan fingerprint density at radius 3 is 2.55 bits per heavy atom. The van der Waals surface area contributed by atoms with E-state index in [9.17, 15) is 14.3 Å². The molecule has 0 saturated heterocycles. The fourth-order valence-electron chi connectivity index (χ4n) is 6.18. The molecule has 2 aliphatic carbocycles. The monoisotopic (exact) mass is 512 g/mol. The van der Waals surface area contributed by atoms with Crippen molar-refractivity contribution in [2.75, 3.05) is 0 Å². The smallest absolute Gasteiger partial charge is 0.309 e. The summed E-state index contributed by atoms with van der Waals surface area (Å²) in [6, 6.07) is 17.6. The Morgan fingerprint density at radius 1 is 1.05 bits per heavy atom. The van der Waals surface area contributed by atoms with E-state index in [2.05, 4.69) is 32.1 Å². The fraction of sp³-hybridized carbons (Fsp3) is 0.382. The standard InChI is InChI=1S/C34H37FO3/c1-21-8-15-31(35)28(17-21)25-13-9-22(18-27(25)29-7-6-16-33(29,2)3)20-38-24-12-10-23-11-14-30(26(23)19-24)34(4,5)32(36)37/h7-10,12-13,15,17-19,30H,6,11,14,16,20H2,1-5H3,(H,36,37)/t30-/m1/s1. The molecule has 3 nitrogen and oxygen atoms in total. The van der Waals surface area contributed by atoms with Gasteiger partial charge in [-0.15, -0.1) is 0 Å². The van der Waals surface area contributed by atoms with Gasteiger partial charge in [0, 0.05) is 11.5 Å². The third-order valence-corrected chi connectivity index (χ3v) is 8.66. The zero-order valence-electron chi connectivity index (χ0n) is 23.0. The average Bonchev–Trinajstić information content (AvgIpc) is 3.46. The summed E-state index contributed by atoms with van der Waals surface area (Å²) in [7, 11) is 0. The van der Waals surface area contributed by atoms with Crippen molar-refractivity contribution in [3.63, 3.8) is 0 Å². The summed E-state index contributed by atoms with van der Waals surface area (Å²) in [5.41, 5.74) is 7.37. The summed E-state index contributed by atoms with van der Waals surface area (Å²) in [5.74, 6) is -0.282. The molecule has 3 aromatic carbocycles. The van der Waals surface area contributed by atoms with E-state index < -0.39 is 11.4 Å². The number of carbonyl (C=O) groups is 1. The first-order valence-electron chi connectivity index (χ1n) is 13.6. The Kier molecular flexibility index (Phi) is 6.71. The van der Waals surface area contributed by atoms with Gasteiger partial charge in [0.1, 0.15) is 18.2 Å². The van der Waals surface area contributed by atoms with E-state index in [0.717, 1.165) is 59.3 Å². The van der Waals surface area contributed by atoms with Gasteiger partial charge in [-0.2, -0.15) is 0 Å². The largest absolute Gasteiger partial charge is 0.489 e. The molecule has 0 aromatic heterocycles. The first-order valence-corrected chi connectivity index (χ1v) is 13.6. The Labute approximate surface area is 225 Å². The van der Waals surface area contributed by atoms with Gasteiger partial charge < -0.3 is 9.84 Å². The highest BCUT2D eigenvalue weighted by molar-refractivity contribution is 5.85. The van der Waals surface area contributed by atoms with Gasteiger partial charge in [0.05, 0.1) is 5.41 Å². The molecule has 3 aromatic rings. The number of hydrogen-bond acceptors (Lipinski definition) is 2. The van der Waals surface area contributed by atoms with Crippen LogP contribution in [0.2, 0.25) is 0 Å². The van der Waals surface area contributed by atoms with Gasteiger partial charge in [-0.25, -0.2) is 4.39 Å². The maximum absolute atomic E-state index is 15.0. The van der Waals surface area contributed by atoms with Crippen LogP contribution in [-0.2, 0) is 17.8 Å². The third-order valence-electron chi connectivity index (χ3n) is 8.66. The second kappa shape index (κ2) is 9.72. The van der Waals surface area contributed by atoms with Crippen LogP contribution in [0.5, 0.6) is 5.75 Å². The van der Waals surface area contributed by atoms with Gasteiger partial charge in [-0.05, 0) is 116 Å². The van der Waals surface area contributed by atoms with Gasteiger partial charge >= 0.3 is 5.97 Å². The van der Waals surface area contributed by atoms with Crippen molar-refractivity contribution in [2.24, 2.45) is 10.8 Å². The molecule has 1 atom stereocenters. The van der Waals surface area contributed by atoms with Crippen molar-refractivity contribution in [3.05, 3.63) is 94.3 Å². The number of carboxylic acids is 1.